The second-order valence-corrected chi connectivity index (χ2v) is 4.21. The molecule has 0 amide bonds. The van der Waals surface area contributed by atoms with E-state index >= 15 is 0 Å². The Balaban J connectivity index is 2.00. The maximum Gasteiger partial charge on any atom is 0.0720 e. The van der Waals surface area contributed by atoms with Crippen molar-refractivity contribution in [3.05, 3.63) is 0 Å². The molecule has 3 heteroatoms. The Morgan fingerprint density at radius 1 is 1.62 bits per heavy atom. The van der Waals surface area contributed by atoms with Crippen LogP contribution in [0.3, 0.4) is 0 Å². The van der Waals surface area contributed by atoms with E-state index in [0.717, 1.165) is 32.5 Å². The van der Waals surface area contributed by atoms with Crippen LogP contribution in [-0.2, 0) is 4.74 Å². The molecule has 0 aromatic carbocycles. The summed E-state index contributed by atoms with van der Waals surface area (Å²) in [7, 11) is 0. The molecule has 2 heterocycles. The lowest BCUT2D eigenvalue weighted by Crippen LogP contribution is -2.41. The fourth-order valence-electron chi connectivity index (χ4n) is 2.84. The van der Waals surface area contributed by atoms with Gasteiger partial charge in [-0.1, -0.05) is 0 Å². The van der Waals surface area contributed by atoms with Gasteiger partial charge in [0.25, 0.3) is 0 Å². The van der Waals surface area contributed by atoms with Gasteiger partial charge in [-0.3, -0.25) is 4.90 Å². The van der Waals surface area contributed by atoms with Crippen molar-refractivity contribution in [3.8, 4) is 0 Å². The van der Waals surface area contributed by atoms with Crippen molar-refractivity contribution in [2.24, 2.45) is 0 Å². The summed E-state index contributed by atoms with van der Waals surface area (Å²) < 4.78 is 5.61. The number of aliphatic hydroxyl groups is 1. The Bertz CT molecular complexity index is 186. The van der Waals surface area contributed by atoms with Crippen molar-refractivity contribution in [1.82, 2.24) is 4.90 Å². The molecule has 0 saturated carbocycles. The van der Waals surface area contributed by atoms with Crippen molar-refractivity contribution in [2.75, 3.05) is 26.3 Å². The number of fused-ring (bicyclic) bond motifs is 1. The van der Waals surface area contributed by atoms with Gasteiger partial charge in [0.2, 0.25) is 0 Å². The van der Waals surface area contributed by atoms with Crippen LogP contribution in [0, 0.1) is 0 Å². The van der Waals surface area contributed by atoms with Crippen molar-refractivity contribution in [2.45, 2.75) is 37.8 Å². The first-order valence-electron chi connectivity index (χ1n) is 5.28. The Labute approximate surface area is 79.7 Å². The van der Waals surface area contributed by atoms with E-state index in [4.69, 9.17) is 4.74 Å². The summed E-state index contributed by atoms with van der Waals surface area (Å²) in [4.78, 5) is 2.41. The molecule has 0 aromatic heterocycles. The van der Waals surface area contributed by atoms with Crippen LogP contribution in [0.2, 0.25) is 0 Å². The number of hydrogen-bond donors (Lipinski definition) is 1. The molecule has 3 nitrogen and oxygen atoms in total. The third-order valence-corrected chi connectivity index (χ3v) is 3.47. The fourth-order valence-corrected chi connectivity index (χ4v) is 2.84. The van der Waals surface area contributed by atoms with Crippen molar-refractivity contribution in [3.63, 3.8) is 0 Å². The Morgan fingerprint density at radius 2 is 2.46 bits per heavy atom. The molecular formula is C10H19NO2. The Hall–Kier alpha value is -0.120. The molecule has 2 atom stereocenters. The number of aliphatic hydroxyl groups excluding tert-OH is 1. The maximum atomic E-state index is 9.42. The highest BCUT2D eigenvalue weighted by Gasteiger charge is 2.48. The molecule has 2 aliphatic heterocycles. The van der Waals surface area contributed by atoms with Gasteiger partial charge in [0.15, 0.2) is 0 Å². The summed E-state index contributed by atoms with van der Waals surface area (Å²) in [5.74, 6) is 0. The van der Waals surface area contributed by atoms with Gasteiger partial charge in [0.1, 0.15) is 0 Å². The average molecular weight is 185 g/mol. The zero-order chi connectivity index (χ0) is 9.31. The van der Waals surface area contributed by atoms with Crippen LogP contribution in [0.25, 0.3) is 0 Å². The molecule has 0 aromatic rings. The molecule has 1 N–H and O–H groups in total. The zero-order valence-electron chi connectivity index (χ0n) is 8.33. The number of hydrogen-bond acceptors (Lipinski definition) is 3. The van der Waals surface area contributed by atoms with Crippen LogP contribution in [0.5, 0.6) is 0 Å². The van der Waals surface area contributed by atoms with Gasteiger partial charge in [-0.25, -0.2) is 0 Å². The summed E-state index contributed by atoms with van der Waals surface area (Å²) in [5.41, 5.74) is 0.0832. The molecule has 2 rings (SSSR count). The first-order chi connectivity index (χ1) is 6.30. The van der Waals surface area contributed by atoms with Gasteiger partial charge < -0.3 is 9.84 Å². The molecule has 0 bridgehead atoms. The minimum Gasteiger partial charge on any atom is -0.394 e. The standard InChI is InChI=1S/C10H19NO2/c1-2-13-9-6-10(8-12)4-3-5-11(10)7-9/h9,12H,2-8H2,1H3/t9-,10+/m1/s1. The van der Waals surface area contributed by atoms with E-state index in [9.17, 15) is 5.11 Å². The van der Waals surface area contributed by atoms with Gasteiger partial charge in [0.05, 0.1) is 12.7 Å². The lowest BCUT2D eigenvalue weighted by atomic mass is 9.94. The first kappa shape index (κ1) is 9.44. The molecule has 76 valence electrons. The van der Waals surface area contributed by atoms with Gasteiger partial charge in [-0.15, -0.1) is 0 Å². The molecule has 0 spiro atoms. The van der Waals surface area contributed by atoms with Crippen molar-refractivity contribution in [1.29, 1.82) is 0 Å². The van der Waals surface area contributed by atoms with Gasteiger partial charge in [0, 0.05) is 18.7 Å². The lowest BCUT2D eigenvalue weighted by molar-refractivity contribution is 0.0652. The summed E-state index contributed by atoms with van der Waals surface area (Å²) in [6.07, 6.45) is 3.77. The predicted molar refractivity (Wildman–Crippen MR) is 50.7 cm³/mol. The SMILES string of the molecule is CCO[C@H]1CN2CCC[C@@]2(CO)C1. The maximum absolute atomic E-state index is 9.42. The largest absolute Gasteiger partial charge is 0.394 e. The smallest absolute Gasteiger partial charge is 0.0720 e. The Morgan fingerprint density at radius 3 is 3.08 bits per heavy atom. The van der Waals surface area contributed by atoms with E-state index in [1.165, 1.54) is 6.42 Å². The minimum absolute atomic E-state index is 0.0832. The monoisotopic (exact) mass is 185 g/mol. The molecule has 2 saturated heterocycles. The van der Waals surface area contributed by atoms with E-state index in [1.54, 1.807) is 0 Å². The van der Waals surface area contributed by atoms with Gasteiger partial charge in [-0.2, -0.15) is 0 Å². The highest BCUT2D eigenvalue weighted by atomic mass is 16.5. The highest BCUT2D eigenvalue weighted by Crippen LogP contribution is 2.39. The second-order valence-electron chi connectivity index (χ2n) is 4.21. The minimum atomic E-state index is 0.0832. The third kappa shape index (κ3) is 1.49. The van der Waals surface area contributed by atoms with E-state index in [-0.39, 0.29) is 5.54 Å². The van der Waals surface area contributed by atoms with Crippen molar-refractivity contribution >= 4 is 0 Å². The second kappa shape index (κ2) is 3.56. The molecular weight excluding hydrogens is 166 g/mol. The predicted octanol–water partition coefficient (Wildman–Crippen LogP) is 0.622. The topological polar surface area (TPSA) is 32.7 Å². The molecule has 0 unspecified atom stereocenters. The van der Waals surface area contributed by atoms with Crippen molar-refractivity contribution < 1.29 is 9.84 Å². The molecule has 0 aliphatic carbocycles. The summed E-state index contributed by atoms with van der Waals surface area (Å²) in [5, 5.41) is 9.42. The highest BCUT2D eigenvalue weighted by molar-refractivity contribution is 5.03. The summed E-state index contributed by atoms with van der Waals surface area (Å²) in [6.45, 7) is 5.30. The molecule has 13 heavy (non-hydrogen) atoms. The number of rotatable bonds is 3. The van der Waals surface area contributed by atoms with Gasteiger partial charge >= 0.3 is 0 Å². The average Bonchev–Trinajstić information content (AvgIpc) is 2.61. The summed E-state index contributed by atoms with van der Waals surface area (Å²) >= 11 is 0. The van der Waals surface area contributed by atoms with E-state index in [2.05, 4.69) is 4.90 Å². The first-order valence-corrected chi connectivity index (χ1v) is 5.28. The van der Waals surface area contributed by atoms with Crippen LogP contribution in [0.15, 0.2) is 0 Å². The molecule has 2 fully saturated rings. The molecule has 0 radical (unpaired) electrons. The summed E-state index contributed by atoms with van der Waals surface area (Å²) in [6, 6.07) is 0. The van der Waals surface area contributed by atoms with Crippen LogP contribution < -0.4 is 0 Å². The normalized spacial score (nSPS) is 39.7. The lowest BCUT2D eigenvalue weighted by Gasteiger charge is -2.28. The van der Waals surface area contributed by atoms with Crippen LogP contribution in [0.4, 0.5) is 0 Å². The van der Waals surface area contributed by atoms with Crippen LogP contribution in [-0.4, -0.2) is 48.0 Å². The van der Waals surface area contributed by atoms with E-state index in [0.29, 0.717) is 12.7 Å². The molecule has 2 aliphatic rings. The fraction of sp³-hybridized carbons (Fsp3) is 1.00. The number of nitrogens with zero attached hydrogens (tertiary/aromatic N) is 1. The number of ether oxygens (including phenoxy) is 1. The van der Waals surface area contributed by atoms with Crippen LogP contribution in [0.1, 0.15) is 26.2 Å². The Kier molecular flexibility index (Phi) is 2.58. The quantitative estimate of drug-likeness (QED) is 0.699. The van der Waals surface area contributed by atoms with E-state index in [1.807, 2.05) is 6.92 Å². The van der Waals surface area contributed by atoms with Crippen LogP contribution >= 0.6 is 0 Å². The van der Waals surface area contributed by atoms with Gasteiger partial charge in [-0.05, 0) is 32.7 Å². The third-order valence-electron chi connectivity index (χ3n) is 3.47. The zero-order valence-corrected chi connectivity index (χ0v) is 8.33. The van der Waals surface area contributed by atoms with E-state index < -0.39 is 0 Å².